The normalized spacial score (nSPS) is 20.0. The number of rotatable bonds is 3. The fourth-order valence-corrected chi connectivity index (χ4v) is 2.50. The molecule has 2 atom stereocenters. The lowest BCUT2D eigenvalue weighted by molar-refractivity contribution is -0.126. The fourth-order valence-electron chi connectivity index (χ4n) is 2.50. The summed E-state index contributed by atoms with van der Waals surface area (Å²) in [5.74, 6) is -0.114. The topological polar surface area (TPSA) is 77.2 Å². The van der Waals surface area contributed by atoms with Crippen molar-refractivity contribution in [3.8, 4) is 0 Å². The molecule has 120 valence electrons. The molecule has 2 heterocycles. The number of hydrogen-bond acceptors (Lipinski definition) is 4. The molecule has 3 N–H and O–H groups in total. The standard InChI is InChI=1S/C15H17N3O2.2ClH/c16-9-10-6-7-14(20-10)15(19)18-13-5-1-4-12-11(13)3-2-8-17-12;;/h1-5,8,10,14H,6-7,9,16H2,(H,18,19);2*1H/t10-,14+;;/m1../s1. The van der Waals surface area contributed by atoms with Gasteiger partial charge in [-0.2, -0.15) is 0 Å². The maximum Gasteiger partial charge on any atom is 0.253 e. The summed E-state index contributed by atoms with van der Waals surface area (Å²) in [6, 6.07) is 9.46. The number of pyridine rings is 1. The number of fused-ring (bicyclic) bond motifs is 1. The van der Waals surface area contributed by atoms with Crippen molar-refractivity contribution in [2.24, 2.45) is 5.73 Å². The highest BCUT2D eigenvalue weighted by molar-refractivity contribution is 6.02. The van der Waals surface area contributed by atoms with Crippen LogP contribution in [0.15, 0.2) is 36.5 Å². The largest absolute Gasteiger partial charge is 0.364 e. The number of nitrogens with two attached hydrogens (primary N) is 1. The zero-order chi connectivity index (χ0) is 13.9. The van der Waals surface area contributed by atoms with Gasteiger partial charge in [0, 0.05) is 18.1 Å². The first-order valence-corrected chi connectivity index (χ1v) is 6.78. The molecule has 1 aromatic heterocycles. The molecule has 0 unspecified atom stereocenters. The number of anilines is 1. The van der Waals surface area contributed by atoms with E-state index < -0.39 is 6.10 Å². The van der Waals surface area contributed by atoms with Crippen LogP contribution in [-0.4, -0.2) is 29.6 Å². The molecule has 3 rings (SSSR count). The number of hydrogen-bond donors (Lipinski definition) is 2. The van der Waals surface area contributed by atoms with Crippen LogP contribution in [0.1, 0.15) is 12.8 Å². The third-order valence-corrected chi connectivity index (χ3v) is 3.57. The molecule has 22 heavy (non-hydrogen) atoms. The van der Waals surface area contributed by atoms with Gasteiger partial charge in [0.05, 0.1) is 17.3 Å². The van der Waals surface area contributed by atoms with Crippen molar-refractivity contribution < 1.29 is 9.53 Å². The van der Waals surface area contributed by atoms with Crippen LogP contribution in [0.4, 0.5) is 5.69 Å². The number of aromatic nitrogens is 1. The lowest BCUT2D eigenvalue weighted by Gasteiger charge is -2.13. The second-order valence-electron chi connectivity index (χ2n) is 4.92. The Morgan fingerprint density at radius 1 is 1.27 bits per heavy atom. The summed E-state index contributed by atoms with van der Waals surface area (Å²) in [5.41, 5.74) is 7.18. The maximum atomic E-state index is 12.2. The minimum Gasteiger partial charge on any atom is -0.364 e. The molecule has 1 saturated heterocycles. The number of carbonyl (C=O) groups excluding carboxylic acids is 1. The van der Waals surface area contributed by atoms with E-state index in [1.807, 2.05) is 30.3 Å². The van der Waals surface area contributed by atoms with Gasteiger partial charge >= 0.3 is 0 Å². The number of amides is 1. The Balaban J connectivity index is 0.00000121. The van der Waals surface area contributed by atoms with Gasteiger partial charge in [-0.15, -0.1) is 24.8 Å². The molecule has 1 aliphatic rings. The molecule has 0 aliphatic carbocycles. The van der Waals surface area contributed by atoms with Crippen molar-refractivity contribution in [1.29, 1.82) is 0 Å². The predicted molar refractivity (Wildman–Crippen MR) is 91.8 cm³/mol. The number of halogens is 2. The average molecular weight is 344 g/mol. The molecule has 1 aromatic carbocycles. The molecule has 1 aliphatic heterocycles. The van der Waals surface area contributed by atoms with Crippen molar-refractivity contribution in [3.63, 3.8) is 0 Å². The third kappa shape index (κ3) is 3.87. The SMILES string of the molecule is Cl.Cl.NC[C@H]1CC[C@@H](C(=O)Nc2cccc3ncccc23)O1. The second kappa shape index (κ2) is 8.29. The molecule has 2 aromatic rings. The first-order valence-electron chi connectivity index (χ1n) is 6.78. The summed E-state index contributed by atoms with van der Waals surface area (Å²) in [5, 5.41) is 3.85. The second-order valence-corrected chi connectivity index (χ2v) is 4.92. The zero-order valence-electron chi connectivity index (χ0n) is 11.9. The molecular weight excluding hydrogens is 325 g/mol. The van der Waals surface area contributed by atoms with Crippen LogP contribution in [0.3, 0.4) is 0 Å². The van der Waals surface area contributed by atoms with Crippen molar-refractivity contribution in [2.45, 2.75) is 25.0 Å². The van der Waals surface area contributed by atoms with Crippen molar-refractivity contribution >= 4 is 47.3 Å². The molecule has 1 fully saturated rings. The zero-order valence-corrected chi connectivity index (χ0v) is 13.5. The van der Waals surface area contributed by atoms with Gasteiger partial charge in [-0.1, -0.05) is 6.07 Å². The monoisotopic (exact) mass is 343 g/mol. The molecule has 0 bridgehead atoms. The number of nitrogens with zero attached hydrogens (tertiary/aromatic N) is 1. The van der Waals surface area contributed by atoms with Crippen LogP contribution in [0, 0.1) is 0 Å². The van der Waals surface area contributed by atoms with Gasteiger partial charge in [-0.3, -0.25) is 9.78 Å². The van der Waals surface area contributed by atoms with Crippen LogP contribution in [0.2, 0.25) is 0 Å². The first kappa shape index (κ1) is 18.6. The number of benzene rings is 1. The van der Waals surface area contributed by atoms with Crippen LogP contribution in [0.25, 0.3) is 10.9 Å². The van der Waals surface area contributed by atoms with Crippen molar-refractivity contribution in [3.05, 3.63) is 36.5 Å². The smallest absolute Gasteiger partial charge is 0.253 e. The number of carbonyl (C=O) groups is 1. The van der Waals surface area contributed by atoms with E-state index in [1.165, 1.54) is 0 Å². The quantitative estimate of drug-likeness (QED) is 0.897. The van der Waals surface area contributed by atoms with E-state index in [2.05, 4.69) is 10.3 Å². The Hall–Kier alpha value is -1.40. The Labute approximate surface area is 141 Å². The summed E-state index contributed by atoms with van der Waals surface area (Å²) >= 11 is 0. The van der Waals surface area contributed by atoms with Gasteiger partial charge < -0.3 is 15.8 Å². The lowest BCUT2D eigenvalue weighted by atomic mass is 10.1. The van der Waals surface area contributed by atoms with Crippen LogP contribution in [0.5, 0.6) is 0 Å². The van der Waals surface area contributed by atoms with E-state index >= 15 is 0 Å². The molecular formula is C15H19Cl2N3O2. The van der Waals surface area contributed by atoms with Gasteiger partial charge in [0.15, 0.2) is 0 Å². The van der Waals surface area contributed by atoms with Gasteiger partial charge in [-0.05, 0) is 37.1 Å². The molecule has 5 nitrogen and oxygen atoms in total. The van der Waals surface area contributed by atoms with E-state index in [1.54, 1.807) is 6.20 Å². The molecule has 7 heteroatoms. The van der Waals surface area contributed by atoms with Crippen LogP contribution < -0.4 is 11.1 Å². The summed E-state index contributed by atoms with van der Waals surface area (Å²) in [7, 11) is 0. The Kier molecular flexibility index (Phi) is 7.03. The Morgan fingerprint density at radius 3 is 2.82 bits per heavy atom. The third-order valence-electron chi connectivity index (χ3n) is 3.57. The van der Waals surface area contributed by atoms with Crippen LogP contribution >= 0.6 is 24.8 Å². The van der Waals surface area contributed by atoms with Gasteiger partial charge in [0.2, 0.25) is 0 Å². The van der Waals surface area contributed by atoms with Crippen LogP contribution in [-0.2, 0) is 9.53 Å². The van der Waals surface area contributed by atoms with E-state index in [4.69, 9.17) is 10.5 Å². The minimum absolute atomic E-state index is 0. The fraction of sp³-hybridized carbons (Fsp3) is 0.333. The molecule has 1 amide bonds. The van der Waals surface area contributed by atoms with E-state index in [0.717, 1.165) is 29.4 Å². The average Bonchev–Trinajstić information content (AvgIpc) is 2.97. The lowest BCUT2D eigenvalue weighted by Crippen LogP contribution is -2.29. The summed E-state index contributed by atoms with van der Waals surface area (Å²) in [6.45, 7) is 0.460. The van der Waals surface area contributed by atoms with E-state index in [0.29, 0.717) is 6.54 Å². The molecule has 0 spiro atoms. The van der Waals surface area contributed by atoms with Gasteiger partial charge in [0.25, 0.3) is 5.91 Å². The number of ether oxygens (including phenoxy) is 1. The van der Waals surface area contributed by atoms with E-state index in [-0.39, 0.29) is 36.8 Å². The minimum atomic E-state index is -0.407. The van der Waals surface area contributed by atoms with E-state index in [9.17, 15) is 4.79 Å². The predicted octanol–water partition coefficient (Wildman–Crippen LogP) is 2.52. The Morgan fingerprint density at radius 2 is 2.09 bits per heavy atom. The van der Waals surface area contributed by atoms with Gasteiger partial charge in [-0.25, -0.2) is 0 Å². The van der Waals surface area contributed by atoms with Crippen molar-refractivity contribution in [2.75, 3.05) is 11.9 Å². The molecule has 0 radical (unpaired) electrons. The highest BCUT2D eigenvalue weighted by atomic mass is 35.5. The summed E-state index contributed by atoms with van der Waals surface area (Å²) in [6.07, 6.45) is 2.89. The number of nitrogens with one attached hydrogen (secondary N) is 1. The molecule has 0 saturated carbocycles. The first-order chi connectivity index (χ1) is 9.78. The highest BCUT2D eigenvalue weighted by Crippen LogP contribution is 2.24. The Bertz CT molecular complexity index is 634. The maximum absolute atomic E-state index is 12.2. The van der Waals surface area contributed by atoms with Gasteiger partial charge in [0.1, 0.15) is 6.10 Å². The summed E-state index contributed by atoms with van der Waals surface area (Å²) in [4.78, 5) is 16.5. The summed E-state index contributed by atoms with van der Waals surface area (Å²) < 4.78 is 5.60. The highest BCUT2D eigenvalue weighted by Gasteiger charge is 2.29. The van der Waals surface area contributed by atoms with Crippen molar-refractivity contribution in [1.82, 2.24) is 4.98 Å².